The van der Waals surface area contributed by atoms with Crippen LogP contribution in [0.15, 0.2) is 64.3 Å². The molecule has 1 radical (unpaired) electrons. The third-order valence-electron chi connectivity index (χ3n) is 10.2. The molecule has 2 atom stereocenters. The molecule has 3 aromatic rings. The molecule has 4 aliphatic carbocycles. The summed E-state index contributed by atoms with van der Waals surface area (Å²) < 4.78 is 60.2. The van der Waals surface area contributed by atoms with E-state index >= 15 is 0 Å². The van der Waals surface area contributed by atoms with Crippen LogP contribution in [0.1, 0.15) is 84.5 Å². The number of hydrogen-bond donors (Lipinski definition) is 2. The fourth-order valence-electron chi connectivity index (χ4n) is 7.44. The Kier molecular flexibility index (Phi) is 11.3. The van der Waals surface area contributed by atoms with Crippen molar-refractivity contribution in [1.29, 1.82) is 0 Å². The van der Waals surface area contributed by atoms with Crippen LogP contribution in [0.25, 0.3) is 11.3 Å². The number of nitrogens with one attached hydrogen (secondary N) is 2. The van der Waals surface area contributed by atoms with Crippen LogP contribution in [-0.4, -0.2) is 56.3 Å². The van der Waals surface area contributed by atoms with Gasteiger partial charge < -0.3 is 27.5 Å². The number of fused-ring (bicyclic) bond motifs is 2. The number of ether oxygens (including phenoxy) is 2. The largest absolute Gasteiger partial charge is 0.813 e. The number of halogens is 3. The normalized spacial score (nSPS) is 23.2. The first-order chi connectivity index (χ1) is 23.5. The van der Waals surface area contributed by atoms with E-state index in [1.54, 1.807) is 18.3 Å². The molecule has 4 aliphatic rings. The zero-order valence-corrected chi connectivity index (χ0v) is 31.7. The number of aliphatic imine (C=N–C) groups is 1. The third-order valence-corrected chi connectivity index (χ3v) is 16.4. The molecule has 2 unspecified atom stereocenters. The molecule has 0 spiro atoms. The van der Waals surface area contributed by atoms with Gasteiger partial charge in [-0.25, -0.2) is 0 Å². The minimum atomic E-state index is -4.82. The van der Waals surface area contributed by atoms with Crippen molar-refractivity contribution in [1.82, 2.24) is 13.9 Å². The van der Waals surface area contributed by atoms with Crippen molar-refractivity contribution in [3.05, 3.63) is 77.2 Å². The van der Waals surface area contributed by atoms with Gasteiger partial charge in [-0.2, -0.15) is 0 Å². The van der Waals surface area contributed by atoms with E-state index in [0.717, 1.165) is 48.0 Å². The second kappa shape index (κ2) is 15.3. The zero-order chi connectivity index (χ0) is 34.3. The van der Waals surface area contributed by atoms with Gasteiger partial charge in [-0.3, -0.25) is 0 Å². The summed E-state index contributed by atoms with van der Waals surface area (Å²) in [5.41, 5.74) is 4.21. The van der Waals surface area contributed by atoms with Crippen LogP contribution in [0.2, 0.25) is 8.73 Å². The standard InChI is InChI=1S/C33H35F3N4O4.C3H5.CH3.H2S.Sb/c1-18-6-5-8-25(32(37)41)28(18)38-16-19(2)39-29-21-12-13-22(29)15-23(14-21)42-17-26-30(40-44-31(26)20-10-11-20)24-7-3-4-9-27(24)43-33(34,35)36;1-2-3-1;;;/h3-9,16,20-23,29,39H,2,10-15,17H2,1H3,(H2,37,41);1H,2-3H2;1H3;1H2;/q;;;;+2/p-2. The average Bonchev–Trinajstić information content (AvgIpc) is 3.99. The zero-order valence-electron chi connectivity index (χ0n) is 28.2. The maximum atomic E-state index is 13.2. The number of thiol groups is 1. The van der Waals surface area contributed by atoms with E-state index in [9.17, 15) is 18.0 Å². The average molecular weight is 819 g/mol. The molecule has 4 fully saturated rings. The predicted octanol–water partition coefficient (Wildman–Crippen LogP) is 8.25. The van der Waals surface area contributed by atoms with Gasteiger partial charge in [-0.05, 0) is 25.0 Å². The van der Waals surface area contributed by atoms with Crippen molar-refractivity contribution in [3.63, 3.8) is 0 Å². The quantitative estimate of drug-likeness (QED) is 0.0777. The Morgan fingerprint density at radius 1 is 1.08 bits per heavy atom. The number of para-hydroxylation sites is 2. The van der Waals surface area contributed by atoms with Gasteiger partial charge in [0, 0.05) is 17.0 Å². The number of aryl methyl sites for hydroxylation is 1. The second-order valence-corrected chi connectivity index (χ2v) is 20.1. The number of allylic oxidation sites excluding steroid dienone is 1. The van der Waals surface area contributed by atoms with E-state index < -0.39 is 26.8 Å². The van der Waals surface area contributed by atoms with Gasteiger partial charge in [-0.1, -0.05) is 17.3 Å². The van der Waals surface area contributed by atoms with E-state index in [-0.39, 0.29) is 55.4 Å². The summed E-state index contributed by atoms with van der Waals surface area (Å²) in [6.45, 7) is 6.43. The van der Waals surface area contributed by atoms with Gasteiger partial charge >= 0.3 is 183 Å². The molecule has 0 aliphatic heterocycles. The molecule has 13 heteroatoms. The van der Waals surface area contributed by atoms with E-state index in [1.165, 1.54) is 25.0 Å². The van der Waals surface area contributed by atoms with Crippen LogP contribution in [0.5, 0.6) is 5.75 Å². The van der Waals surface area contributed by atoms with Crippen LogP contribution in [0.3, 0.4) is 0 Å². The minimum absolute atomic E-state index is 0. The first-order valence-corrected chi connectivity index (χ1v) is 22.4. The SMILES string of the molecule is C=C(C=Nc1c(C)cccc1C(=O)[NH][Sb+]([CH3])[CH]1CC1)NC1C2CCC1CC(OCc1c(-c3ccccc3OC(F)(F)F)noc1C1CC1)C2.[SH-]. The van der Waals surface area contributed by atoms with Crippen molar-refractivity contribution in [2.75, 3.05) is 0 Å². The first-order valence-electron chi connectivity index (χ1n) is 17.1. The Hall–Kier alpha value is -2.95. The summed E-state index contributed by atoms with van der Waals surface area (Å²) in [6, 6.07) is 12.0. The van der Waals surface area contributed by atoms with Crippen molar-refractivity contribution in [2.45, 2.75) is 98.1 Å². The summed E-state index contributed by atoms with van der Waals surface area (Å²) in [7, 11) is 0. The van der Waals surface area contributed by atoms with E-state index in [2.05, 4.69) is 30.1 Å². The molecule has 1 heterocycles. The molecular weight excluding hydrogens is 775 g/mol. The fourth-order valence-corrected chi connectivity index (χ4v) is 11.9. The molecular formula is C37H43F3N4O4SSb. The number of nitrogens with zero attached hydrogens (tertiary/aromatic N) is 2. The number of hydrogen-bond acceptors (Lipinski definition) is 8. The van der Waals surface area contributed by atoms with E-state index in [1.807, 2.05) is 25.1 Å². The number of rotatable bonds is 13. The van der Waals surface area contributed by atoms with Gasteiger partial charge in [0.15, 0.2) is 0 Å². The Bertz CT molecular complexity index is 1730. The smallest absolute Gasteiger partial charge is 0.813 e. The first kappa shape index (κ1) is 36.8. The van der Waals surface area contributed by atoms with Gasteiger partial charge in [-0.15, -0.1) is 13.2 Å². The maximum absolute atomic E-state index is 13.2. The topological polar surface area (TPSA) is 98.0 Å². The number of amides is 1. The molecule has 0 saturated heterocycles. The summed E-state index contributed by atoms with van der Waals surface area (Å²) >= 11 is -1.76. The fraction of sp³-hybridized carbons (Fsp3) is 0.486. The third kappa shape index (κ3) is 8.56. The Morgan fingerprint density at radius 3 is 2.48 bits per heavy atom. The second-order valence-electron chi connectivity index (χ2n) is 13.9. The molecule has 7 rings (SSSR count). The van der Waals surface area contributed by atoms with E-state index in [0.29, 0.717) is 45.8 Å². The molecule has 2 bridgehead atoms. The predicted molar refractivity (Wildman–Crippen MR) is 191 cm³/mol. The molecule has 2 N–H and O–H groups in total. The molecule has 267 valence electrons. The summed E-state index contributed by atoms with van der Waals surface area (Å²) in [4.78, 5) is 20.1. The van der Waals surface area contributed by atoms with Crippen molar-refractivity contribution >= 4 is 51.8 Å². The summed E-state index contributed by atoms with van der Waals surface area (Å²) in [5, 5.41) is 7.85. The van der Waals surface area contributed by atoms with Crippen LogP contribution < -0.4 is 13.5 Å². The van der Waals surface area contributed by atoms with Gasteiger partial charge in [0.25, 0.3) is 0 Å². The van der Waals surface area contributed by atoms with Gasteiger partial charge in [0.05, 0.1) is 6.61 Å². The maximum Gasteiger partial charge on any atom is -0.813 e. The Balaban J connectivity index is 0.00000432. The molecule has 2 aromatic carbocycles. The van der Waals surface area contributed by atoms with Crippen molar-refractivity contribution < 1.29 is 32.0 Å². The molecule has 8 nitrogen and oxygen atoms in total. The number of carbonyl (C=O) groups is 1. The van der Waals surface area contributed by atoms with Crippen LogP contribution in [0.4, 0.5) is 18.9 Å². The Morgan fingerprint density at radius 2 is 1.80 bits per heavy atom. The van der Waals surface area contributed by atoms with Gasteiger partial charge in [0.2, 0.25) is 0 Å². The number of alkyl halides is 3. The summed E-state index contributed by atoms with van der Waals surface area (Å²) in [6.07, 6.45) is 5.18. The molecule has 1 amide bonds. The van der Waals surface area contributed by atoms with Crippen LogP contribution in [0, 0.1) is 18.8 Å². The number of carbonyl (C=O) groups excluding carboxylic acids is 1. The minimum Gasteiger partial charge on any atom is -0.813 e. The number of aromatic nitrogens is 1. The summed E-state index contributed by atoms with van der Waals surface area (Å²) in [5.74, 6) is 1.33. The van der Waals surface area contributed by atoms with Crippen molar-refractivity contribution in [2.24, 2.45) is 16.8 Å². The Labute approximate surface area is 305 Å². The number of benzene rings is 2. The van der Waals surface area contributed by atoms with Gasteiger partial charge in [0.1, 0.15) is 17.2 Å². The molecule has 4 saturated carbocycles. The van der Waals surface area contributed by atoms with Crippen LogP contribution in [-0.2, 0) is 24.8 Å². The molecule has 1 aromatic heterocycles. The monoisotopic (exact) mass is 817 g/mol. The van der Waals surface area contributed by atoms with Crippen LogP contribution >= 0.6 is 0 Å². The van der Waals surface area contributed by atoms with E-state index in [4.69, 9.17) is 14.3 Å². The van der Waals surface area contributed by atoms with Crippen molar-refractivity contribution in [3.8, 4) is 17.0 Å². The molecule has 50 heavy (non-hydrogen) atoms.